The van der Waals surface area contributed by atoms with Gasteiger partial charge >= 0.3 is 0 Å². The highest BCUT2D eigenvalue weighted by Crippen LogP contribution is 2.27. The summed E-state index contributed by atoms with van der Waals surface area (Å²) in [5, 5.41) is 1.10. The van der Waals surface area contributed by atoms with Gasteiger partial charge in [-0.3, -0.25) is 0 Å². The number of aryl methyl sites for hydroxylation is 1. The maximum atomic E-state index is 5.95. The molecule has 1 aromatic carbocycles. The smallest absolute Gasteiger partial charge is 0.122 e. The maximum Gasteiger partial charge on any atom is 0.122 e. The highest BCUT2D eigenvalue weighted by atomic mass is 32.1. The van der Waals surface area contributed by atoms with E-state index < -0.39 is 0 Å². The normalized spacial score (nSPS) is 12.7. The molecule has 0 bridgehead atoms. The highest BCUT2D eigenvalue weighted by Gasteiger charge is 2.12. The predicted molar refractivity (Wildman–Crippen MR) is 89.2 cm³/mol. The van der Waals surface area contributed by atoms with Crippen LogP contribution in [-0.4, -0.2) is 11.6 Å². The lowest BCUT2D eigenvalue weighted by atomic mass is 10.0. The van der Waals surface area contributed by atoms with E-state index in [0.29, 0.717) is 12.5 Å². The SMILES string of the molecule is Cc1nc(CCOc2ccccc2C(C)C)sc1C(C)N. The van der Waals surface area contributed by atoms with Crippen LogP contribution in [0.5, 0.6) is 5.75 Å². The molecule has 1 atom stereocenters. The van der Waals surface area contributed by atoms with Gasteiger partial charge in [-0.2, -0.15) is 0 Å². The second kappa shape index (κ2) is 7.05. The van der Waals surface area contributed by atoms with Crippen LogP contribution in [-0.2, 0) is 6.42 Å². The predicted octanol–water partition coefficient (Wildman–Crippen LogP) is 4.22. The topological polar surface area (TPSA) is 48.1 Å². The quantitative estimate of drug-likeness (QED) is 0.869. The van der Waals surface area contributed by atoms with Crippen molar-refractivity contribution in [1.29, 1.82) is 0 Å². The molecule has 0 radical (unpaired) electrons. The first kappa shape index (κ1) is 16.0. The van der Waals surface area contributed by atoms with Gasteiger partial charge < -0.3 is 10.5 Å². The molecule has 3 nitrogen and oxygen atoms in total. The molecule has 0 saturated carbocycles. The van der Waals surface area contributed by atoms with Gasteiger partial charge in [-0.25, -0.2) is 4.98 Å². The summed E-state index contributed by atoms with van der Waals surface area (Å²) in [6.45, 7) is 9.03. The third-order valence-corrected chi connectivity index (χ3v) is 4.82. The van der Waals surface area contributed by atoms with Gasteiger partial charge in [-0.05, 0) is 31.4 Å². The molecule has 0 amide bonds. The fourth-order valence-electron chi connectivity index (χ4n) is 2.33. The van der Waals surface area contributed by atoms with Crippen LogP contribution in [0.3, 0.4) is 0 Å². The van der Waals surface area contributed by atoms with E-state index in [1.807, 2.05) is 26.0 Å². The molecule has 2 aromatic rings. The Balaban J connectivity index is 1.97. The van der Waals surface area contributed by atoms with E-state index in [1.165, 1.54) is 10.4 Å². The van der Waals surface area contributed by atoms with Gasteiger partial charge in [-0.15, -0.1) is 11.3 Å². The summed E-state index contributed by atoms with van der Waals surface area (Å²) in [5.41, 5.74) is 8.24. The zero-order chi connectivity index (χ0) is 15.4. The van der Waals surface area contributed by atoms with Crippen LogP contribution in [0.25, 0.3) is 0 Å². The number of hydrogen-bond donors (Lipinski definition) is 1. The van der Waals surface area contributed by atoms with Crippen LogP contribution in [0.2, 0.25) is 0 Å². The second-order valence-corrected chi connectivity index (χ2v) is 6.75. The summed E-state index contributed by atoms with van der Waals surface area (Å²) < 4.78 is 5.95. The minimum Gasteiger partial charge on any atom is -0.493 e. The average Bonchev–Trinajstić information content (AvgIpc) is 2.80. The molecule has 1 heterocycles. The Bertz CT molecular complexity index is 590. The standard InChI is InChI=1S/C17H24N2OS/c1-11(2)14-7-5-6-8-15(14)20-10-9-16-19-13(4)17(21-16)12(3)18/h5-8,11-12H,9-10,18H2,1-4H3. The van der Waals surface area contributed by atoms with E-state index in [-0.39, 0.29) is 6.04 Å². The number of rotatable bonds is 6. The summed E-state index contributed by atoms with van der Waals surface area (Å²) in [6.07, 6.45) is 0.824. The fraction of sp³-hybridized carbons (Fsp3) is 0.471. The largest absolute Gasteiger partial charge is 0.493 e. The number of para-hydroxylation sites is 1. The van der Waals surface area contributed by atoms with Crippen LogP contribution in [0.4, 0.5) is 0 Å². The Morgan fingerprint density at radius 1 is 1.24 bits per heavy atom. The molecule has 0 aliphatic heterocycles. The molecule has 1 unspecified atom stereocenters. The number of nitrogens with zero attached hydrogens (tertiary/aromatic N) is 1. The van der Waals surface area contributed by atoms with E-state index in [1.54, 1.807) is 11.3 Å². The molecule has 114 valence electrons. The summed E-state index contributed by atoms with van der Waals surface area (Å²) in [4.78, 5) is 5.75. The number of benzene rings is 1. The molecule has 2 rings (SSSR count). The number of nitrogens with two attached hydrogens (primary N) is 1. The maximum absolute atomic E-state index is 5.95. The molecule has 0 spiro atoms. The lowest BCUT2D eigenvalue weighted by Crippen LogP contribution is -2.04. The molecule has 0 aliphatic rings. The van der Waals surface area contributed by atoms with Gasteiger partial charge in [-0.1, -0.05) is 32.0 Å². The Morgan fingerprint density at radius 3 is 2.57 bits per heavy atom. The van der Waals surface area contributed by atoms with Crippen molar-refractivity contribution in [2.45, 2.75) is 46.1 Å². The average molecular weight is 304 g/mol. The van der Waals surface area contributed by atoms with Gasteiger partial charge in [0.1, 0.15) is 5.75 Å². The van der Waals surface area contributed by atoms with E-state index >= 15 is 0 Å². The Labute approximate surface area is 131 Å². The van der Waals surface area contributed by atoms with Crippen molar-refractivity contribution in [1.82, 2.24) is 4.98 Å². The van der Waals surface area contributed by atoms with Crippen molar-refractivity contribution in [3.8, 4) is 5.75 Å². The molecular weight excluding hydrogens is 280 g/mol. The second-order valence-electron chi connectivity index (χ2n) is 5.64. The van der Waals surface area contributed by atoms with Crippen LogP contribution < -0.4 is 10.5 Å². The molecule has 0 aliphatic carbocycles. The summed E-state index contributed by atoms with van der Waals surface area (Å²) in [7, 11) is 0. The fourth-order valence-corrected chi connectivity index (χ4v) is 3.33. The zero-order valence-corrected chi connectivity index (χ0v) is 14.0. The van der Waals surface area contributed by atoms with Gasteiger partial charge in [0.15, 0.2) is 0 Å². The lowest BCUT2D eigenvalue weighted by Gasteiger charge is -2.13. The third kappa shape index (κ3) is 4.05. The van der Waals surface area contributed by atoms with Gasteiger partial charge in [0.2, 0.25) is 0 Å². The van der Waals surface area contributed by atoms with Crippen LogP contribution >= 0.6 is 11.3 Å². The number of hydrogen-bond acceptors (Lipinski definition) is 4. The van der Waals surface area contributed by atoms with E-state index in [2.05, 4.69) is 31.0 Å². The van der Waals surface area contributed by atoms with E-state index in [0.717, 1.165) is 22.9 Å². The molecule has 0 fully saturated rings. The van der Waals surface area contributed by atoms with Crippen molar-refractivity contribution < 1.29 is 4.74 Å². The number of aromatic nitrogens is 1. The number of thiazole rings is 1. The van der Waals surface area contributed by atoms with Crippen LogP contribution in [0.1, 0.15) is 53.9 Å². The van der Waals surface area contributed by atoms with Crippen LogP contribution in [0.15, 0.2) is 24.3 Å². The first-order valence-electron chi connectivity index (χ1n) is 7.42. The first-order valence-corrected chi connectivity index (χ1v) is 8.24. The molecular formula is C17H24N2OS. The molecule has 2 N–H and O–H groups in total. The van der Waals surface area contributed by atoms with E-state index in [9.17, 15) is 0 Å². The van der Waals surface area contributed by atoms with Crippen LogP contribution in [0, 0.1) is 6.92 Å². The molecule has 1 aromatic heterocycles. The van der Waals surface area contributed by atoms with Gasteiger partial charge in [0.25, 0.3) is 0 Å². The third-order valence-electron chi connectivity index (χ3n) is 3.40. The first-order chi connectivity index (χ1) is 9.99. The van der Waals surface area contributed by atoms with Gasteiger partial charge in [0.05, 0.1) is 17.3 Å². The molecule has 0 saturated heterocycles. The number of ether oxygens (including phenoxy) is 1. The molecule has 21 heavy (non-hydrogen) atoms. The lowest BCUT2D eigenvalue weighted by molar-refractivity contribution is 0.317. The summed E-state index contributed by atoms with van der Waals surface area (Å²) in [6, 6.07) is 8.29. The Kier molecular flexibility index (Phi) is 5.37. The monoisotopic (exact) mass is 304 g/mol. The van der Waals surface area contributed by atoms with Crippen molar-refractivity contribution in [3.05, 3.63) is 45.4 Å². The molecule has 4 heteroatoms. The van der Waals surface area contributed by atoms with Crippen molar-refractivity contribution >= 4 is 11.3 Å². The van der Waals surface area contributed by atoms with Crippen molar-refractivity contribution in [2.24, 2.45) is 5.73 Å². The summed E-state index contributed by atoms with van der Waals surface area (Å²) in [5.74, 6) is 1.45. The van der Waals surface area contributed by atoms with Crippen molar-refractivity contribution in [3.63, 3.8) is 0 Å². The summed E-state index contributed by atoms with van der Waals surface area (Å²) >= 11 is 1.70. The minimum atomic E-state index is 0.0545. The minimum absolute atomic E-state index is 0.0545. The van der Waals surface area contributed by atoms with E-state index in [4.69, 9.17) is 10.5 Å². The van der Waals surface area contributed by atoms with Gasteiger partial charge in [0, 0.05) is 17.3 Å². The Morgan fingerprint density at radius 2 is 1.95 bits per heavy atom. The highest BCUT2D eigenvalue weighted by molar-refractivity contribution is 7.11. The Hall–Kier alpha value is -1.39. The zero-order valence-electron chi connectivity index (χ0n) is 13.2. The van der Waals surface area contributed by atoms with Crippen molar-refractivity contribution in [2.75, 3.05) is 6.61 Å².